The third-order valence-corrected chi connectivity index (χ3v) is 3.10. The smallest absolute Gasteiger partial charge is 0.348 e. The lowest BCUT2D eigenvalue weighted by Crippen LogP contribution is -2.16. The number of carbonyl (C=O) groups excluding carboxylic acids is 2. The highest BCUT2D eigenvalue weighted by Crippen LogP contribution is 2.33. The van der Waals surface area contributed by atoms with E-state index < -0.39 is 50.9 Å². The molecule has 0 N–H and O–H groups in total. The van der Waals surface area contributed by atoms with Crippen LogP contribution in [0.3, 0.4) is 0 Å². The first-order chi connectivity index (χ1) is 10.9. The summed E-state index contributed by atoms with van der Waals surface area (Å²) in [6.07, 6.45) is 1.10. The van der Waals surface area contributed by atoms with Gasteiger partial charge in [0.15, 0.2) is 10.9 Å². The number of pyridine rings is 2. The number of methoxy groups -OCH3 is 1. The molecule has 2 rings (SSSR count). The standard InChI is InChI=1S/C13H6Cl2F2N2O4/c1-22-13(21)6-8(7(16)10(15)19-9(6)14)23-12(20)5-3-2-4-18-11(5)17/h2-4H,1H3. The molecule has 0 bridgehead atoms. The Morgan fingerprint density at radius 1 is 1.17 bits per heavy atom. The SMILES string of the molecule is COC(=O)c1c(Cl)nc(Cl)c(F)c1OC(=O)c1cccnc1F. The molecule has 0 saturated carbocycles. The highest BCUT2D eigenvalue weighted by Gasteiger charge is 2.28. The first kappa shape index (κ1) is 17.0. The van der Waals surface area contributed by atoms with Crippen LogP contribution in [0.2, 0.25) is 10.3 Å². The second-order valence-electron chi connectivity index (χ2n) is 3.93. The van der Waals surface area contributed by atoms with E-state index in [9.17, 15) is 18.4 Å². The van der Waals surface area contributed by atoms with E-state index in [1.165, 1.54) is 6.07 Å². The second kappa shape index (κ2) is 6.84. The van der Waals surface area contributed by atoms with Crippen molar-refractivity contribution in [3.63, 3.8) is 0 Å². The summed E-state index contributed by atoms with van der Waals surface area (Å²) in [6, 6.07) is 2.33. The molecule has 2 aromatic rings. The van der Waals surface area contributed by atoms with E-state index in [2.05, 4.69) is 14.7 Å². The Morgan fingerprint density at radius 2 is 1.87 bits per heavy atom. The van der Waals surface area contributed by atoms with Crippen molar-refractivity contribution in [1.29, 1.82) is 0 Å². The van der Waals surface area contributed by atoms with Gasteiger partial charge in [-0.3, -0.25) is 0 Å². The van der Waals surface area contributed by atoms with Gasteiger partial charge in [-0.05, 0) is 12.1 Å². The first-order valence-electron chi connectivity index (χ1n) is 5.82. The minimum absolute atomic E-state index is 0.544. The van der Waals surface area contributed by atoms with Gasteiger partial charge in [0.25, 0.3) is 0 Å². The summed E-state index contributed by atoms with van der Waals surface area (Å²) in [4.78, 5) is 30.2. The van der Waals surface area contributed by atoms with Gasteiger partial charge in [0.1, 0.15) is 16.3 Å². The van der Waals surface area contributed by atoms with Crippen molar-refractivity contribution in [2.45, 2.75) is 0 Å². The summed E-state index contributed by atoms with van der Waals surface area (Å²) in [5.41, 5.74) is -1.24. The van der Waals surface area contributed by atoms with Crippen LogP contribution in [0.25, 0.3) is 0 Å². The average Bonchev–Trinajstić information content (AvgIpc) is 2.52. The number of hydrogen-bond donors (Lipinski definition) is 0. The minimum atomic E-state index is -1.32. The second-order valence-corrected chi connectivity index (χ2v) is 4.65. The van der Waals surface area contributed by atoms with E-state index in [0.717, 1.165) is 19.4 Å². The number of rotatable bonds is 3. The molecule has 0 fully saturated rings. The number of halogens is 4. The quantitative estimate of drug-likeness (QED) is 0.616. The normalized spacial score (nSPS) is 10.3. The molecule has 10 heteroatoms. The molecule has 0 saturated heterocycles. The fraction of sp³-hybridized carbons (Fsp3) is 0.0769. The predicted octanol–water partition coefficient (Wildman–Crippen LogP) is 3.07. The van der Waals surface area contributed by atoms with Crippen molar-refractivity contribution >= 4 is 35.1 Å². The van der Waals surface area contributed by atoms with E-state index in [-0.39, 0.29) is 0 Å². The average molecular weight is 363 g/mol. The Balaban J connectivity index is 2.53. The van der Waals surface area contributed by atoms with Crippen LogP contribution in [-0.4, -0.2) is 29.0 Å². The van der Waals surface area contributed by atoms with E-state index in [0.29, 0.717) is 0 Å². The maximum Gasteiger partial charge on any atom is 0.348 e. The predicted molar refractivity (Wildman–Crippen MR) is 74.7 cm³/mol. The van der Waals surface area contributed by atoms with Crippen LogP contribution >= 0.6 is 23.2 Å². The molecule has 0 aliphatic carbocycles. The Labute approximate surface area is 138 Å². The third kappa shape index (κ3) is 3.38. The number of carbonyl (C=O) groups is 2. The highest BCUT2D eigenvalue weighted by molar-refractivity contribution is 6.35. The van der Waals surface area contributed by atoms with Gasteiger partial charge >= 0.3 is 11.9 Å². The van der Waals surface area contributed by atoms with Gasteiger partial charge in [-0.2, -0.15) is 8.78 Å². The summed E-state index contributed by atoms with van der Waals surface area (Å²) in [5.74, 6) is -5.81. The molecule has 2 heterocycles. The lowest BCUT2D eigenvalue weighted by Gasteiger charge is -2.11. The molecule has 0 unspecified atom stereocenters. The summed E-state index contributed by atoms with van der Waals surface area (Å²) in [5, 5.41) is -1.28. The Morgan fingerprint density at radius 3 is 2.48 bits per heavy atom. The van der Waals surface area contributed by atoms with Crippen molar-refractivity contribution in [2.75, 3.05) is 7.11 Å². The molecule has 0 aliphatic rings. The zero-order valence-corrected chi connectivity index (χ0v) is 12.8. The van der Waals surface area contributed by atoms with Gasteiger partial charge < -0.3 is 9.47 Å². The minimum Gasteiger partial charge on any atom is -0.465 e. The molecule has 120 valence electrons. The zero-order chi connectivity index (χ0) is 17.1. The molecule has 0 aromatic carbocycles. The van der Waals surface area contributed by atoms with Crippen molar-refractivity contribution < 1.29 is 27.8 Å². The number of hydrogen-bond acceptors (Lipinski definition) is 6. The van der Waals surface area contributed by atoms with E-state index in [4.69, 9.17) is 27.9 Å². The fourth-order valence-corrected chi connectivity index (χ4v) is 2.01. The number of nitrogens with zero attached hydrogens (tertiary/aromatic N) is 2. The molecular weight excluding hydrogens is 357 g/mol. The molecule has 0 atom stereocenters. The maximum absolute atomic E-state index is 14.1. The van der Waals surface area contributed by atoms with Crippen molar-refractivity contribution in [1.82, 2.24) is 9.97 Å². The summed E-state index contributed by atoms with van der Waals surface area (Å²) >= 11 is 11.2. The fourth-order valence-electron chi connectivity index (χ4n) is 1.55. The van der Waals surface area contributed by atoms with Crippen LogP contribution in [0.1, 0.15) is 20.7 Å². The van der Waals surface area contributed by atoms with Crippen LogP contribution in [-0.2, 0) is 4.74 Å². The monoisotopic (exact) mass is 362 g/mol. The van der Waals surface area contributed by atoms with Gasteiger partial charge in [-0.1, -0.05) is 23.2 Å². The number of aromatic nitrogens is 2. The molecule has 0 amide bonds. The topological polar surface area (TPSA) is 78.4 Å². The molecule has 23 heavy (non-hydrogen) atoms. The molecular formula is C13H6Cl2F2N2O4. The maximum atomic E-state index is 14.1. The van der Waals surface area contributed by atoms with Crippen LogP contribution < -0.4 is 4.74 Å². The highest BCUT2D eigenvalue weighted by atomic mass is 35.5. The molecule has 6 nitrogen and oxygen atoms in total. The molecule has 2 aromatic heterocycles. The summed E-state index contributed by atoms with van der Waals surface area (Å²) in [6.45, 7) is 0. The van der Waals surface area contributed by atoms with Crippen LogP contribution in [0.5, 0.6) is 5.75 Å². The van der Waals surface area contributed by atoms with Crippen molar-refractivity contribution in [3.05, 3.63) is 51.5 Å². The van der Waals surface area contributed by atoms with E-state index in [1.54, 1.807) is 0 Å². The number of ether oxygens (including phenoxy) is 2. The zero-order valence-electron chi connectivity index (χ0n) is 11.3. The van der Waals surface area contributed by atoms with Gasteiger partial charge in [-0.25, -0.2) is 19.6 Å². The molecule has 0 aliphatic heterocycles. The van der Waals surface area contributed by atoms with Crippen molar-refractivity contribution in [2.24, 2.45) is 0 Å². The van der Waals surface area contributed by atoms with Crippen molar-refractivity contribution in [3.8, 4) is 5.75 Å². The van der Waals surface area contributed by atoms with Gasteiger partial charge in [0, 0.05) is 6.20 Å². The van der Waals surface area contributed by atoms with Gasteiger partial charge in [0.05, 0.1) is 7.11 Å². The molecule has 0 radical (unpaired) electrons. The summed E-state index contributed by atoms with van der Waals surface area (Å²) in [7, 11) is 0.998. The lowest BCUT2D eigenvalue weighted by molar-refractivity contribution is 0.0590. The van der Waals surface area contributed by atoms with Crippen LogP contribution in [0, 0.1) is 11.8 Å². The third-order valence-electron chi connectivity index (χ3n) is 2.57. The molecule has 0 spiro atoms. The number of esters is 2. The Bertz CT molecular complexity index is 802. The van der Waals surface area contributed by atoms with Crippen LogP contribution in [0.15, 0.2) is 18.3 Å². The largest absolute Gasteiger partial charge is 0.465 e. The van der Waals surface area contributed by atoms with E-state index in [1.807, 2.05) is 0 Å². The van der Waals surface area contributed by atoms with Crippen LogP contribution in [0.4, 0.5) is 8.78 Å². The van der Waals surface area contributed by atoms with Gasteiger partial charge in [-0.15, -0.1) is 0 Å². The summed E-state index contributed by atoms with van der Waals surface area (Å²) < 4.78 is 36.7. The first-order valence-corrected chi connectivity index (χ1v) is 6.58. The van der Waals surface area contributed by atoms with E-state index >= 15 is 0 Å². The Kier molecular flexibility index (Phi) is 5.07. The Hall–Kier alpha value is -2.32. The lowest BCUT2D eigenvalue weighted by atomic mass is 10.2. The van der Waals surface area contributed by atoms with Gasteiger partial charge in [0.2, 0.25) is 11.8 Å².